The molecule has 38 heavy (non-hydrogen) atoms. The van der Waals surface area contributed by atoms with Crippen LogP contribution >= 0.6 is 8.60 Å². The fraction of sp³-hybridized carbons (Fsp3) is 0.786. The molecule has 1 aliphatic rings. The van der Waals surface area contributed by atoms with Crippen LogP contribution in [0.3, 0.4) is 0 Å². The minimum atomic E-state index is -2.62. The predicted molar refractivity (Wildman–Crippen MR) is 151 cm³/mol. The van der Waals surface area contributed by atoms with Crippen molar-refractivity contribution in [3.05, 3.63) is 22.7 Å². The third-order valence-corrected chi connectivity index (χ3v) is 7.23. The van der Waals surface area contributed by atoms with Crippen molar-refractivity contribution in [2.45, 2.75) is 115 Å². The molecule has 0 unspecified atom stereocenters. The molecule has 0 heterocycles. The molecule has 225 valence electrons. The van der Waals surface area contributed by atoms with Crippen LogP contribution in [0.15, 0.2) is 22.7 Å². The maximum absolute atomic E-state index is 9.26. The van der Waals surface area contributed by atoms with Crippen molar-refractivity contribution in [1.29, 1.82) is 0 Å². The zero-order valence-electron chi connectivity index (χ0n) is 23.5. The largest absolute Gasteiger partial charge is 0.281 e. The molecule has 0 amide bonds. The Bertz CT molecular complexity index is 490. The molecule has 0 fully saturated rings. The Morgan fingerprint density at radius 2 is 1.08 bits per heavy atom. The molecule has 8 nitrogen and oxygen atoms in total. The average Bonchev–Trinajstić information content (AvgIpc) is 3.48. The van der Waals surface area contributed by atoms with Gasteiger partial charge < -0.3 is 30.0 Å². The number of allylic oxidation sites excluding steroid dienone is 4. The van der Waals surface area contributed by atoms with Crippen molar-refractivity contribution >= 4 is 22.2 Å². The number of hydrogen-bond donors (Lipinski definition) is 6. The summed E-state index contributed by atoms with van der Waals surface area (Å²) in [6.07, 6.45) is 27.0. The van der Waals surface area contributed by atoms with Crippen LogP contribution in [0.5, 0.6) is 0 Å². The van der Waals surface area contributed by atoms with Crippen LogP contribution < -0.4 is 0 Å². The zero-order valence-corrected chi connectivity index (χ0v) is 25.6. The van der Waals surface area contributed by atoms with Crippen LogP contribution in [0, 0.1) is 5.41 Å². The van der Waals surface area contributed by atoms with Crippen molar-refractivity contribution in [3.63, 3.8) is 0 Å². The fourth-order valence-electron chi connectivity index (χ4n) is 3.64. The van der Waals surface area contributed by atoms with Gasteiger partial charge in [0.1, 0.15) is 0 Å². The van der Waals surface area contributed by atoms with Crippen molar-refractivity contribution in [2.24, 2.45) is 5.41 Å². The molecule has 0 aliphatic heterocycles. The number of aliphatic hydroxyl groups is 3. The summed E-state index contributed by atoms with van der Waals surface area (Å²) in [6.45, 7) is 10.9. The Morgan fingerprint density at radius 1 is 0.737 bits per heavy atom. The monoisotopic (exact) mass is 603 g/mol. The van der Waals surface area contributed by atoms with Crippen LogP contribution in [0.2, 0.25) is 5.82 Å². The van der Waals surface area contributed by atoms with Crippen LogP contribution in [-0.4, -0.2) is 63.4 Å². The van der Waals surface area contributed by atoms with E-state index in [9.17, 15) is 15.3 Å². The molecular weight excluding hydrogens is 550 g/mol. The fourth-order valence-corrected chi connectivity index (χ4v) is 4.33. The smallest absolute Gasteiger partial charge is 0.281 e. The summed E-state index contributed by atoms with van der Waals surface area (Å²) >= 11 is 0.984. The van der Waals surface area contributed by atoms with Gasteiger partial charge in [-0.2, -0.15) is 0 Å². The summed E-state index contributed by atoms with van der Waals surface area (Å²) in [7, 11) is -2.62. The number of unbranched alkanes of at least 4 members (excludes halogenated alkanes) is 13. The van der Waals surface area contributed by atoms with E-state index in [2.05, 4.69) is 44.6 Å². The van der Waals surface area contributed by atoms with Gasteiger partial charge in [-0.25, -0.2) is 0 Å². The molecule has 0 aromatic carbocycles. The first-order valence-electron chi connectivity index (χ1n) is 13.4. The molecule has 0 bridgehead atoms. The summed E-state index contributed by atoms with van der Waals surface area (Å²) in [5, 5.41) is 27.8. The van der Waals surface area contributed by atoms with Crippen LogP contribution in [0.1, 0.15) is 110 Å². The van der Waals surface area contributed by atoms with Crippen LogP contribution in [-0.2, 0) is 24.5 Å². The summed E-state index contributed by atoms with van der Waals surface area (Å²) < 4.78 is 1.59. The second-order valence-corrected chi connectivity index (χ2v) is 10.9. The number of carbonyl (C=O) groups excluding carboxylic acids is 2. The zero-order chi connectivity index (χ0) is 29.9. The van der Waals surface area contributed by atoms with Gasteiger partial charge in [-0.3, -0.25) is 9.59 Å². The first-order valence-corrected chi connectivity index (χ1v) is 16.3. The van der Waals surface area contributed by atoms with Gasteiger partial charge in [-0.15, -0.1) is 0 Å². The van der Waals surface area contributed by atoms with Crippen LogP contribution in [0.25, 0.3) is 0 Å². The Labute approximate surface area is 239 Å². The maximum atomic E-state index is 9.26. The standard InChI is InChI=1S/C20H42O3.C5H5.2CO.CH3.Mn.H3O3P/c1-2-3-4-5-6-7-8-9-10-11-12-13-14-15-16-20(17-21,18-22)19-23;1-2-4-5-3-1;2*1-2;;;1-4(2)3/h21-23H,2-19H2,1H3;1-3H,4H2;;;1H3;;1-3H. The minimum absolute atomic E-state index is 0.127. The van der Waals surface area contributed by atoms with Gasteiger partial charge >= 0.3 is 58.5 Å². The first-order chi connectivity index (χ1) is 18.4. The Kier molecular flexibility index (Phi) is 45.3. The quantitative estimate of drug-likeness (QED) is 0.0671. The van der Waals surface area contributed by atoms with Crippen molar-refractivity contribution in [1.82, 2.24) is 0 Å². The van der Waals surface area contributed by atoms with E-state index in [0.717, 1.165) is 27.8 Å². The van der Waals surface area contributed by atoms with Gasteiger partial charge in [-0.05, 0) is 6.42 Å². The predicted octanol–water partition coefficient (Wildman–Crippen LogP) is 5.18. The third kappa shape index (κ3) is 35.5. The molecule has 0 aromatic rings. The van der Waals surface area contributed by atoms with Crippen molar-refractivity contribution in [3.8, 4) is 0 Å². The first kappa shape index (κ1) is 44.5. The molecule has 0 aromatic heterocycles. The molecule has 1 aliphatic carbocycles. The van der Waals surface area contributed by atoms with Gasteiger partial charge in [0.15, 0.2) is 0 Å². The summed E-state index contributed by atoms with van der Waals surface area (Å²) in [5.74, 6) is 2.22. The summed E-state index contributed by atoms with van der Waals surface area (Å²) in [6, 6.07) is 0. The van der Waals surface area contributed by atoms with E-state index in [1.54, 1.807) is 4.47 Å². The van der Waals surface area contributed by atoms with E-state index in [1.165, 1.54) is 83.5 Å². The van der Waals surface area contributed by atoms with Gasteiger partial charge in [0.2, 0.25) is 0 Å². The molecule has 0 spiro atoms. The summed E-state index contributed by atoms with van der Waals surface area (Å²) in [4.78, 5) is 36.7. The normalized spacial score (nSPS) is 11.7. The Balaban J connectivity index is -0.000000312. The number of aliphatic hydroxyl groups excluding tert-OH is 3. The second kappa shape index (κ2) is 38.7. The molecule has 10 heteroatoms. The van der Waals surface area contributed by atoms with Crippen LogP contribution in [0.4, 0.5) is 0 Å². The van der Waals surface area contributed by atoms with Gasteiger partial charge in [0.25, 0.3) is 13.6 Å². The van der Waals surface area contributed by atoms with E-state index >= 15 is 0 Å². The Morgan fingerprint density at radius 3 is 1.32 bits per heavy atom. The van der Waals surface area contributed by atoms with E-state index in [1.807, 2.05) is 0 Å². The van der Waals surface area contributed by atoms with Gasteiger partial charge in [-0.1, -0.05) is 96.8 Å². The number of rotatable bonds is 19. The molecule has 1 rings (SSSR count). The van der Waals surface area contributed by atoms with E-state index in [-0.39, 0.29) is 19.8 Å². The molecule has 0 saturated heterocycles. The molecule has 0 atom stereocenters. The molecule has 0 saturated carbocycles. The van der Waals surface area contributed by atoms with E-state index in [0.29, 0.717) is 6.42 Å². The van der Waals surface area contributed by atoms with Gasteiger partial charge in [0, 0.05) is 5.41 Å². The van der Waals surface area contributed by atoms with E-state index in [4.69, 9.17) is 24.3 Å². The van der Waals surface area contributed by atoms with Gasteiger partial charge in [0.05, 0.1) is 19.8 Å². The van der Waals surface area contributed by atoms with Crippen molar-refractivity contribution in [2.75, 3.05) is 19.8 Å². The maximum Gasteiger partial charge on any atom is 0.281 e. The topological polar surface area (TPSA) is 156 Å². The Hall–Kier alpha value is -0.471. The molecule has 6 N–H and O–H groups in total. The summed E-state index contributed by atoms with van der Waals surface area (Å²) in [5.41, 5.74) is -0.670. The SMILES string of the molecule is CCCCCCCCCCCCCCCCC(CO)(CO)CO.OP(O)O.[CH3][Mn][C]1=CC=CC1.[C]=O.[C]=O. The molecular formula is C28H53MnO8P. The molecule has 4 radical (unpaired) electrons. The average molecular weight is 604 g/mol. The van der Waals surface area contributed by atoms with E-state index < -0.39 is 14.0 Å². The minimum Gasteiger partial charge on any atom is -0.281 e. The van der Waals surface area contributed by atoms with Crippen molar-refractivity contribution < 1.29 is 54.5 Å². The third-order valence-electron chi connectivity index (χ3n) is 6.04. The second-order valence-electron chi connectivity index (χ2n) is 9.02. The number of hydrogen-bond acceptors (Lipinski definition) is 8.